The molecular weight excluding hydrogens is 641 g/mol. The molecule has 0 amide bonds. The van der Waals surface area contributed by atoms with Crippen molar-refractivity contribution < 1.29 is 4.42 Å². The molecule has 0 bridgehead atoms. The summed E-state index contributed by atoms with van der Waals surface area (Å²) in [4.78, 5) is 0. The SMILES string of the molecule is c1ccc(-c2c3ccccc3c(-c3ccccc3)c3c2oc2ccc(-c4c5ccccc5c(-c5ccc6ccccc6c5)c5ccccc45)cc23)cc1. The zero-order valence-electron chi connectivity index (χ0n) is 28.9. The summed E-state index contributed by atoms with van der Waals surface area (Å²) in [7, 11) is 0. The van der Waals surface area contributed by atoms with E-state index in [0.717, 1.165) is 33.1 Å². The highest BCUT2D eigenvalue weighted by Gasteiger charge is 2.23. The van der Waals surface area contributed by atoms with E-state index in [2.05, 4.69) is 194 Å². The zero-order valence-corrected chi connectivity index (χ0v) is 28.9. The van der Waals surface area contributed by atoms with E-state index in [1.165, 1.54) is 76.5 Å². The summed E-state index contributed by atoms with van der Waals surface area (Å²) in [6, 6.07) is 70.4. The van der Waals surface area contributed by atoms with Crippen LogP contribution in [0.1, 0.15) is 0 Å². The van der Waals surface area contributed by atoms with Gasteiger partial charge in [-0.3, -0.25) is 0 Å². The average molecular weight is 673 g/mol. The summed E-state index contributed by atoms with van der Waals surface area (Å²) < 4.78 is 6.99. The predicted octanol–water partition coefficient (Wildman–Crippen LogP) is 14.9. The Bertz CT molecular complexity index is 3150. The molecule has 0 radical (unpaired) electrons. The van der Waals surface area contributed by atoms with Gasteiger partial charge in [0, 0.05) is 21.9 Å². The maximum Gasteiger partial charge on any atom is 0.144 e. The van der Waals surface area contributed by atoms with Gasteiger partial charge >= 0.3 is 0 Å². The lowest BCUT2D eigenvalue weighted by atomic mass is 9.85. The van der Waals surface area contributed by atoms with Crippen LogP contribution in [-0.4, -0.2) is 0 Å². The second kappa shape index (κ2) is 11.8. The molecule has 10 aromatic carbocycles. The van der Waals surface area contributed by atoms with E-state index in [1.807, 2.05) is 0 Å². The Morgan fingerprint density at radius 3 is 1.28 bits per heavy atom. The highest BCUT2D eigenvalue weighted by molar-refractivity contribution is 6.28. The molecule has 0 N–H and O–H groups in total. The van der Waals surface area contributed by atoms with Gasteiger partial charge in [-0.2, -0.15) is 0 Å². The quantitative estimate of drug-likeness (QED) is 0.170. The van der Waals surface area contributed by atoms with Crippen molar-refractivity contribution >= 4 is 65.0 Å². The maximum atomic E-state index is 6.99. The molecule has 11 aromatic rings. The Morgan fingerprint density at radius 1 is 0.264 bits per heavy atom. The van der Waals surface area contributed by atoms with Crippen LogP contribution < -0.4 is 0 Å². The van der Waals surface area contributed by atoms with Gasteiger partial charge in [-0.25, -0.2) is 0 Å². The number of hydrogen-bond donors (Lipinski definition) is 0. The molecule has 1 heterocycles. The van der Waals surface area contributed by atoms with E-state index < -0.39 is 0 Å². The van der Waals surface area contributed by atoms with Gasteiger partial charge in [0.2, 0.25) is 0 Å². The molecule has 0 aliphatic carbocycles. The molecule has 0 aliphatic heterocycles. The standard InChI is InChI=1S/C52H32O/c1-3-16-34(17-4-1)49-43-25-13-14-26-44(43)50(35-18-5-2-6-19-35)52-51(49)45-32-38(29-30-46(45)53-52)48-41-23-11-9-21-39(41)47(40-22-10-12-24-42(40)48)37-28-27-33-15-7-8-20-36(33)31-37/h1-32H. The molecule has 0 unspecified atom stereocenters. The number of fused-ring (bicyclic) bond motifs is 7. The molecule has 0 spiro atoms. The fraction of sp³-hybridized carbons (Fsp3) is 0. The fourth-order valence-corrected chi connectivity index (χ4v) is 8.74. The summed E-state index contributed by atoms with van der Waals surface area (Å²) in [5.41, 5.74) is 11.4. The summed E-state index contributed by atoms with van der Waals surface area (Å²) >= 11 is 0. The van der Waals surface area contributed by atoms with E-state index in [0.29, 0.717) is 0 Å². The van der Waals surface area contributed by atoms with Crippen molar-refractivity contribution in [2.45, 2.75) is 0 Å². The first-order valence-corrected chi connectivity index (χ1v) is 18.3. The summed E-state index contributed by atoms with van der Waals surface area (Å²) in [6.07, 6.45) is 0. The summed E-state index contributed by atoms with van der Waals surface area (Å²) in [6.45, 7) is 0. The second-order valence-corrected chi connectivity index (χ2v) is 13.9. The first-order valence-electron chi connectivity index (χ1n) is 18.3. The van der Waals surface area contributed by atoms with Crippen molar-refractivity contribution in [3.8, 4) is 44.5 Å². The first-order chi connectivity index (χ1) is 26.3. The maximum absolute atomic E-state index is 6.99. The van der Waals surface area contributed by atoms with Gasteiger partial charge in [0.1, 0.15) is 11.2 Å². The molecule has 1 aromatic heterocycles. The van der Waals surface area contributed by atoms with Crippen LogP contribution in [0, 0.1) is 0 Å². The molecule has 53 heavy (non-hydrogen) atoms. The molecule has 0 aliphatic rings. The molecule has 0 saturated carbocycles. The lowest BCUT2D eigenvalue weighted by molar-refractivity contribution is 0.670. The second-order valence-electron chi connectivity index (χ2n) is 13.9. The third-order valence-corrected chi connectivity index (χ3v) is 11.0. The monoisotopic (exact) mass is 672 g/mol. The summed E-state index contributed by atoms with van der Waals surface area (Å²) in [5, 5.41) is 12.1. The van der Waals surface area contributed by atoms with E-state index in [-0.39, 0.29) is 0 Å². The van der Waals surface area contributed by atoms with E-state index >= 15 is 0 Å². The van der Waals surface area contributed by atoms with Crippen LogP contribution in [0.25, 0.3) is 110 Å². The van der Waals surface area contributed by atoms with Crippen LogP contribution in [-0.2, 0) is 0 Å². The first kappa shape index (κ1) is 29.7. The fourth-order valence-electron chi connectivity index (χ4n) is 8.74. The highest BCUT2D eigenvalue weighted by Crippen LogP contribution is 2.49. The smallest absolute Gasteiger partial charge is 0.144 e. The molecule has 1 nitrogen and oxygen atoms in total. The normalized spacial score (nSPS) is 11.8. The zero-order chi connectivity index (χ0) is 34.9. The molecule has 0 fully saturated rings. The van der Waals surface area contributed by atoms with Gasteiger partial charge in [-0.15, -0.1) is 0 Å². The molecule has 11 rings (SSSR count). The number of benzene rings is 10. The average Bonchev–Trinajstić information content (AvgIpc) is 3.60. The van der Waals surface area contributed by atoms with Crippen molar-refractivity contribution in [2.24, 2.45) is 0 Å². The predicted molar refractivity (Wildman–Crippen MR) is 225 cm³/mol. The van der Waals surface area contributed by atoms with Crippen molar-refractivity contribution in [1.29, 1.82) is 0 Å². The van der Waals surface area contributed by atoms with Crippen molar-refractivity contribution in [2.75, 3.05) is 0 Å². The Labute approximate surface area is 307 Å². The van der Waals surface area contributed by atoms with Gasteiger partial charge in [-0.05, 0) is 94.7 Å². The number of hydrogen-bond acceptors (Lipinski definition) is 1. The largest absolute Gasteiger partial charge is 0.455 e. The van der Waals surface area contributed by atoms with Crippen molar-refractivity contribution in [3.63, 3.8) is 0 Å². The number of rotatable bonds is 4. The minimum absolute atomic E-state index is 0.884. The Balaban J connectivity index is 1.26. The van der Waals surface area contributed by atoms with E-state index in [9.17, 15) is 0 Å². The Kier molecular flexibility index (Phi) is 6.62. The number of furan rings is 1. The molecule has 246 valence electrons. The van der Waals surface area contributed by atoms with Crippen LogP contribution in [0.15, 0.2) is 199 Å². The molecular formula is C52H32O. The Hall–Kier alpha value is -6.96. The molecule has 0 atom stereocenters. The van der Waals surface area contributed by atoms with Gasteiger partial charge < -0.3 is 4.42 Å². The van der Waals surface area contributed by atoms with Gasteiger partial charge in [-0.1, -0.05) is 176 Å². The van der Waals surface area contributed by atoms with Crippen LogP contribution >= 0.6 is 0 Å². The topological polar surface area (TPSA) is 13.1 Å². The van der Waals surface area contributed by atoms with Crippen molar-refractivity contribution in [1.82, 2.24) is 0 Å². The van der Waals surface area contributed by atoms with Crippen LogP contribution in [0.4, 0.5) is 0 Å². The third-order valence-electron chi connectivity index (χ3n) is 11.0. The van der Waals surface area contributed by atoms with Gasteiger partial charge in [0.15, 0.2) is 0 Å². The van der Waals surface area contributed by atoms with Crippen LogP contribution in [0.2, 0.25) is 0 Å². The van der Waals surface area contributed by atoms with E-state index in [4.69, 9.17) is 4.42 Å². The lowest BCUT2D eigenvalue weighted by Gasteiger charge is -2.18. The lowest BCUT2D eigenvalue weighted by Crippen LogP contribution is -1.91. The third kappa shape index (κ3) is 4.58. The molecule has 0 saturated heterocycles. The Morgan fingerprint density at radius 2 is 0.698 bits per heavy atom. The molecule has 1 heteroatoms. The minimum Gasteiger partial charge on any atom is -0.455 e. The summed E-state index contributed by atoms with van der Waals surface area (Å²) in [5.74, 6) is 0. The van der Waals surface area contributed by atoms with Crippen LogP contribution in [0.5, 0.6) is 0 Å². The van der Waals surface area contributed by atoms with Gasteiger partial charge in [0.05, 0.1) is 0 Å². The van der Waals surface area contributed by atoms with Gasteiger partial charge in [0.25, 0.3) is 0 Å². The highest BCUT2D eigenvalue weighted by atomic mass is 16.3. The minimum atomic E-state index is 0.884. The van der Waals surface area contributed by atoms with Crippen LogP contribution in [0.3, 0.4) is 0 Å². The van der Waals surface area contributed by atoms with Crippen molar-refractivity contribution in [3.05, 3.63) is 194 Å². The van der Waals surface area contributed by atoms with E-state index in [1.54, 1.807) is 0 Å².